The Kier molecular flexibility index (Phi) is 5.47. The van der Waals surface area contributed by atoms with Crippen molar-refractivity contribution in [1.29, 1.82) is 0 Å². The van der Waals surface area contributed by atoms with Gasteiger partial charge in [0.1, 0.15) is 5.00 Å². The standard InChI is InChI=1S/C21H19N3O2S/c1-13-8-10-15(11-9-13)12-23-21-17(19(22)25)14(2)18(27-21)20(26)24-16-6-4-3-5-7-16/h3-12H,1-2H3,(H2,22,25)(H,24,26)/b23-12+. The number of benzene rings is 2. The maximum Gasteiger partial charge on any atom is 0.266 e. The van der Waals surface area contributed by atoms with Crippen molar-refractivity contribution in [3.05, 3.63) is 81.7 Å². The van der Waals surface area contributed by atoms with E-state index in [4.69, 9.17) is 5.73 Å². The molecule has 0 saturated heterocycles. The fraction of sp³-hybridized carbons (Fsp3) is 0.0952. The van der Waals surface area contributed by atoms with Crippen molar-refractivity contribution in [2.24, 2.45) is 10.7 Å². The number of carbonyl (C=O) groups is 2. The van der Waals surface area contributed by atoms with Crippen LogP contribution in [-0.2, 0) is 0 Å². The Labute approximate surface area is 161 Å². The summed E-state index contributed by atoms with van der Waals surface area (Å²) in [4.78, 5) is 29.4. The van der Waals surface area contributed by atoms with Crippen molar-refractivity contribution in [1.82, 2.24) is 0 Å². The van der Waals surface area contributed by atoms with Gasteiger partial charge in [0.2, 0.25) is 0 Å². The van der Waals surface area contributed by atoms with Crippen LogP contribution in [0.4, 0.5) is 10.7 Å². The zero-order valence-corrected chi connectivity index (χ0v) is 15.8. The van der Waals surface area contributed by atoms with E-state index >= 15 is 0 Å². The van der Waals surface area contributed by atoms with Crippen LogP contribution in [-0.4, -0.2) is 18.0 Å². The molecule has 0 aliphatic carbocycles. The number of nitrogens with one attached hydrogen (secondary N) is 1. The van der Waals surface area contributed by atoms with Gasteiger partial charge in [-0.2, -0.15) is 0 Å². The summed E-state index contributed by atoms with van der Waals surface area (Å²) in [5.74, 6) is -0.887. The Morgan fingerprint density at radius 2 is 1.70 bits per heavy atom. The average molecular weight is 377 g/mol. The molecular weight excluding hydrogens is 358 g/mol. The molecule has 5 nitrogen and oxygen atoms in total. The molecule has 0 aliphatic rings. The maximum absolute atomic E-state index is 12.6. The van der Waals surface area contributed by atoms with Crippen LogP contribution < -0.4 is 11.1 Å². The van der Waals surface area contributed by atoms with Crippen LogP contribution in [0, 0.1) is 13.8 Å². The molecule has 1 aromatic heterocycles. The van der Waals surface area contributed by atoms with Crippen molar-refractivity contribution < 1.29 is 9.59 Å². The molecule has 3 rings (SSSR count). The molecule has 0 aliphatic heterocycles. The van der Waals surface area contributed by atoms with E-state index in [1.54, 1.807) is 25.3 Å². The molecule has 0 unspecified atom stereocenters. The van der Waals surface area contributed by atoms with Gasteiger partial charge in [0.15, 0.2) is 0 Å². The lowest BCUT2D eigenvalue weighted by Crippen LogP contribution is -2.14. The molecule has 136 valence electrons. The van der Waals surface area contributed by atoms with Gasteiger partial charge >= 0.3 is 0 Å². The number of primary amides is 1. The van der Waals surface area contributed by atoms with Gasteiger partial charge in [-0.3, -0.25) is 9.59 Å². The molecule has 27 heavy (non-hydrogen) atoms. The number of amides is 2. The number of rotatable bonds is 5. The van der Waals surface area contributed by atoms with Crippen LogP contribution >= 0.6 is 11.3 Å². The second kappa shape index (κ2) is 7.97. The summed E-state index contributed by atoms with van der Waals surface area (Å²) >= 11 is 1.15. The monoisotopic (exact) mass is 377 g/mol. The van der Waals surface area contributed by atoms with Crippen LogP contribution in [0.2, 0.25) is 0 Å². The fourth-order valence-corrected chi connectivity index (χ4v) is 3.64. The summed E-state index contributed by atoms with van der Waals surface area (Å²) < 4.78 is 0. The highest BCUT2D eigenvalue weighted by Gasteiger charge is 2.23. The van der Waals surface area contributed by atoms with Crippen LogP contribution in [0.25, 0.3) is 0 Å². The van der Waals surface area contributed by atoms with Gasteiger partial charge in [-0.05, 0) is 37.1 Å². The molecule has 2 amide bonds. The first kappa shape index (κ1) is 18.5. The number of carbonyl (C=O) groups excluding carboxylic acids is 2. The SMILES string of the molecule is Cc1ccc(/C=N/c2sc(C(=O)Nc3ccccc3)c(C)c2C(N)=O)cc1. The molecule has 3 aromatic rings. The van der Waals surface area contributed by atoms with Gasteiger partial charge in [-0.1, -0.05) is 48.0 Å². The number of aliphatic imine (C=N–C) groups is 1. The summed E-state index contributed by atoms with van der Waals surface area (Å²) in [7, 11) is 0. The largest absolute Gasteiger partial charge is 0.365 e. The second-order valence-corrected chi connectivity index (χ2v) is 7.09. The van der Waals surface area contributed by atoms with E-state index in [9.17, 15) is 9.59 Å². The molecule has 0 spiro atoms. The normalized spacial score (nSPS) is 10.9. The fourth-order valence-electron chi connectivity index (χ4n) is 2.59. The number of nitrogens with zero attached hydrogens (tertiary/aromatic N) is 1. The Balaban J connectivity index is 1.92. The number of hydrogen-bond donors (Lipinski definition) is 2. The Hall–Kier alpha value is -3.25. The van der Waals surface area contributed by atoms with E-state index < -0.39 is 5.91 Å². The predicted octanol–water partition coefficient (Wildman–Crippen LogP) is 4.47. The highest BCUT2D eigenvalue weighted by Crippen LogP contribution is 2.35. The average Bonchev–Trinajstić information content (AvgIpc) is 2.99. The van der Waals surface area contributed by atoms with Crippen molar-refractivity contribution in [2.75, 3.05) is 5.32 Å². The lowest BCUT2D eigenvalue weighted by Gasteiger charge is -2.04. The zero-order chi connectivity index (χ0) is 19.4. The van der Waals surface area contributed by atoms with Crippen LogP contribution in [0.3, 0.4) is 0 Å². The predicted molar refractivity (Wildman–Crippen MR) is 110 cm³/mol. The smallest absolute Gasteiger partial charge is 0.266 e. The summed E-state index contributed by atoms with van der Waals surface area (Å²) in [6.07, 6.45) is 1.66. The van der Waals surface area contributed by atoms with E-state index in [1.165, 1.54) is 0 Å². The Morgan fingerprint density at radius 3 is 2.33 bits per heavy atom. The van der Waals surface area contributed by atoms with Gasteiger partial charge in [-0.25, -0.2) is 4.99 Å². The number of nitrogens with two attached hydrogens (primary N) is 1. The topological polar surface area (TPSA) is 84.6 Å². The Bertz CT molecular complexity index is 1010. The van der Waals surface area contributed by atoms with E-state index in [0.717, 1.165) is 22.5 Å². The van der Waals surface area contributed by atoms with Gasteiger partial charge < -0.3 is 11.1 Å². The van der Waals surface area contributed by atoms with Gasteiger partial charge in [0, 0.05) is 11.9 Å². The minimum Gasteiger partial charge on any atom is -0.365 e. The minimum absolute atomic E-state index is 0.279. The summed E-state index contributed by atoms with van der Waals surface area (Å²) in [5, 5.41) is 3.26. The third kappa shape index (κ3) is 4.30. The van der Waals surface area contributed by atoms with Crippen LogP contribution in [0.15, 0.2) is 59.6 Å². The van der Waals surface area contributed by atoms with Crippen molar-refractivity contribution in [3.8, 4) is 0 Å². The van der Waals surface area contributed by atoms with Crippen LogP contribution in [0.5, 0.6) is 0 Å². The molecule has 2 aromatic carbocycles. The molecular formula is C21H19N3O2S. The maximum atomic E-state index is 12.6. The van der Waals surface area contributed by atoms with E-state index in [-0.39, 0.29) is 11.5 Å². The van der Waals surface area contributed by atoms with Gasteiger partial charge in [0.05, 0.1) is 10.4 Å². The first-order valence-electron chi connectivity index (χ1n) is 8.36. The number of para-hydroxylation sites is 1. The number of hydrogen-bond acceptors (Lipinski definition) is 4. The Morgan fingerprint density at radius 1 is 1.04 bits per heavy atom. The number of anilines is 1. The first-order valence-corrected chi connectivity index (χ1v) is 9.17. The lowest BCUT2D eigenvalue weighted by atomic mass is 10.1. The van der Waals surface area contributed by atoms with E-state index in [2.05, 4.69) is 10.3 Å². The van der Waals surface area contributed by atoms with Crippen molar-refractivity contribution >= 4 is 40.1 Å². The van der Waals surface area contributed by atoms with Crippen molar-refractivity contribution in [3.63, 3.8) is 0 Å². The van der Waals surface area contributed by atoms with Gasteiger partial charge in [0.25, 0.3) is 11.8 Å². The van der Waals surface area contributed by atoms with Crippen LogP contribution in [0.1, 0.15) is 36.7 Å². The third-order valence-electron chi connectivity index (χ3n) is 4.02. The lowest BCUT2D eigenvalue weighted by molar-refractivity contribution is 0.100. The quantitative estimate of drug-likeness (QED) is 0.643. The minimum atomic E-state index is -0.599. The molecule has 1 heterocycles. The molecule has 0 saturated carbocycles. The van der Waals surface area contributed by atoms with Crippen molar-refractivity contribution in [2.45, 2.75) is 13.8 Å². The molecule has 0 fully saturated rings. The van der Waals surface area contributed by atoms with E-state index in [0.29, 0.717) is 21.1 Å². The molecule has 6 heteroatoms. The highest BCUT2D eigenvalue weighted by molar-refractivity contribution is 7.18. The summed E-state index contributed by atoms with van der Waals surface area (Å²) in [5.41, 5.74) is 9.08. The molecule has 3 N–H and O–H groups in total. The summed E-state index contributed by atoms with van der Waals surface area (Å²) in [6, 6.07) is 17.0. The second-order valence-electron chi connectivity index (χ2n) is 6.09. The van der Waals surface area contributed by atoms with E-state index in [1.807, 2.05) is 49.4 Å². The number of thiophene rings is 1. The third-order valence-corrected chi connectivity index (χ3v) is 5.22. The number of aryl methyl sites for hydroxylation is 1. The summed E-state index contributed by atoms with van der Waals surface area (Å²) in [6.45, 7) is 3.72. The molecule has 0 bridgehead atoms. The zero-order valence-electron chi connectivity index (χ0n) is 15.0. The first-order chi connectivity index (χ1) is 13.0. The highest BCUT2D eigenvalue weighted by atomic mass is 32.1. The molecule has 0 atom stereocenters. The molecule has 0 radical (unpaired) electrons. The van der Waals surface area contributed by atoms with Gasteiger partial charge in [-0.15, -0.1) is 11.3 Å².